The van der Waals surface area contributed by atoms with Crippen LogP contribution in [0, 0.1) is 11.8 Å². The lowest BCUT2D eigenvalue weighted by atomic mass is 9.99. The zero-order chi connectivity index (χ0) is 13.5. The topological polar surface area (TPSA) is 78.4 Å². The van der Waals surface area contributed by atoms with Crippen molar-refractivity contribution in [2.75, 3.05) is 6.54 Å². The number of carbonyl (C=O) groups excluding carboxylic acids is 1. The number of carboxylic acid groups (broad SMARTS) is 1. The molecule has 0 aromatic rings. The largest absolute Gasteiger partial charge is 0.480 e. The number of carboxylic acids is 1. The number of hydrogen-bond acceptors (Lipinski definition) is 2. The highest BCUT2D eigenvalue weighted by Crippen LogP contribution is 2.23. The van der Waals surface area contributed by atoms with Crippen LogP contribution in [0.3, 0.4) is 0 Å². The molecule has 1 saturated carbocycles. The first kappa shape index (κ1) is 14.8. The van der Waals surface area contributed by atoms with Crippen LogP contribution in [0.25, 0.3) is 0 Å². The third-order valence-electron chi connectivity index (χ3n) is 3.79. The molecule has 18 heavy (non-hydrogen) atoms. The van der Waals surface area contributed by atoms with Crippen LogP contribution < -0.4 is 10.6 Å². The van der Waals surface area contributed by atoms with Crippen LogP contribution in [0.1, 0.15) is 46.0 Å². The standard InChI is InChI=1S/C13H24N2O3/c1-3-9(2)11(12(16)17)15-13(18)14-8-10-6-4-5-7-10/h9-11H,3-8H2,1-2H3,(H,16,17)(H2,14,15,18)/t9-,11-/m0/s1. The van der Waals surface area contributed by atoms with E-state index >= 15 is 0 Å². The summed E-state index contributed by atoms with van der Waals surface area (Å²) in [5.41, 5.74) is 0. The summed E-state index contributed by atoms with van der Waals surface area (Å²) in [7, 11) is 0. The Labute approximate surface area is 108 Å². The van der Waals surface area contributed by atoms with Crippen molar-refractivity contribution in [2.45, 2.75) is 52.0 Å². The lowest BCUT2D eigenvalue weighted by Gasteiger charge is -2.21. The summed E-state index contributed by atoms with van der Waals surface area (Å²) in [5.74, 6) is -0.484. The zero-order valence-corrected chi connectivity index (χ0v) is 11.2. The fraction of sp³-hybridized carbons (Fsp3) is 0.846. The number of hydrogen-bond donors (Lipinski definition) is 3. The molecule has 2 amide bonds. The van der Waals surface area contributed by atoms with E-state index in [0.29, 0.717) is 12.5 Å². The van der Waals surface area contributed by atoms with E-state index < -0.39 is 12.0 Å². The molecular formula is C13H24N2O3. The highest BCUT2D eigenvalue weighted by atomic mass is 16.4. The summed E-state index contributed by atoms with van der Waals surface area (Å²) >= 11 is 0. The van der Waals surface area contributed by atoms with Gasteiger partial charge in [-0.15, -0.1) is 0 Å². The molecule has 1 rings (SSSR count). The van der Waals surface area contributed by atoms with Gasteiger partial charge >= 0.3 is 12.0 Å². The minimum Gasteiger partial charge on any atom is -0.480 e. The van der Waals surface area contributed by atoms with Gasteiger partial charge in [0.25, 0.3) is 0 Å². The predicted molar refractivity (Wildman–Crippen MR) is 69.4 cm³/mol. The number of carbonyl (C=O) groups is 2. The van der Waals surface area contributed by atoms with Gasteiger partial charge in [-0.25, -0.2) is 9.59 Å². The molecule has 0 spiro atoms. The molecule has 1 fully saturated rings. The Kier molecular flexibility index (Phi) is 5.95. The van der Waals surface area contributed by atoms with E-state index in [1.165, 1.54) is 12.8 Å². The van der Waals surface area contributed by atoms with E-state index in [1.807, 2.05) is 13.8 Å². The normalized spacial score (nSPS) is 19.2. The lowest BCUT2D eigenvalue weighted by molar-refractivity contribution is -0.140. The second-order valence-corrected chi connectivity index (χ2v) is 5.21. The molecule has 0 saturated heterocycles. The second-order valence-electron chi connectivity index (χ2n) is 5.21. The van der Waals surface area contributed by atoms with Gasteiger partial charge in [-0.1, -0.05) is 33.1 Å². The molecule has 104 valence electrons. The number of urea groups is 1. The minimum absolute atomic E-state index is 0.0697. The van der Waals surface area contributed by atoms with Gasteiger partial charge in [0.1, 0.15) is 6.04 Å². The van der Waals surface area contributed by atoms with Crippen molar-refractivity contribution in [3.63, 3.8) is 0 Å². The molecule has 3 N–H and O–H groups in total. The Balaban J connectivity index is 2.33. The first-order valence-electron chi connectivity index (χ1n) is 6.81. The average molecular weight is 256 g/mol. The Hall–Kier alpha value is -1.26. The Morgan fingerprint density at radius 1 is 1.33 bits per heavy atom. The molecule has 0 unspecified atom stereocenters. The lowest BCUT2D eigenvalue weighted by Crippen LogP contribution is -2.49. The van der Waals surface area contributed by atoms with Gasteiger partial charge in [0.15, 0.2) is 0 Å². The van der Waals surface area contributed by atoms with Gasteiger partial charge in [0, 0.05) is 6.54 Å². The van der Waals surface area contributed by atoms with Gasteiger partial charge in [-0.3, -0.25) is 0 Å². The second kappa shape index (κ2) is 7.24. The molecule has 0 aliphatic heterocycles. The van der Waals surface area contributed by atoms with Crippen LogP contribution >= 0.6 is 0 Å². The molecule has 0 heterocycles. The van der Waals surface area contributed by atoms with Gasteiger partial charge in [-0.2, -0.15) is 0 Å². The number of amides is 2. The molecule has 1 aliphatic rings. The average Bonchev–Trinajstić information content (AvgIpc) is 2.85. The van der Waals surface area contributed by atoms with Crippen LogP contribution in [0.5, 0.6) is 0 Å². The summed E-state index contributed by atoms with van der Waals surface area (Å²) in [6.45, 7) is 4.40. The fourth-order valence-electron chi connectivity index (χ4n) is 2.33. The Morgan fingerprint density at radius 3 is 2.44 bits per heavy atom. The third kappa shape index (κ3) is 4.55. The van der Waals surface area contributed by atoms with E-state index in [1.54, 1.807) is 0 Å². The summed E-state index contributed by atoms with van der Waals surface area (Å²) < 4.78 is 0. The van der Waals surface area contributed by atoms with E-state index in [4.69, 9.17) is 5.11 Å². The molecule has 0 bridgehead atoms. The number of aliphatic carboxylic acids is 1. The Bertz CT molecular complexity index is 288. The minimum atomic E-state index is -0.972. The summed E-state index contributed by atoms with van der Waals surface area (Å²) in [4.78, 5) is 22.7. The van der Waals surface area contributed by atoms with E-state index in [9.17, 15) is 9.59 Å². The van der Waals surface area contributed by atoms with E-state index in [2.05, 4.69) is 10.6 Å². The van der Waals surface area contributed by atoms with Crippen molar-refractivity contribution in [3.05, 3.63) is 0 Å². The van der Waals surface area contributed by atoms with Crippen LogP contribution in [-0.2, 0) is 4.79 Å². The van der Waals surface area contributed by atoms with Crippen LogP contribution in [0.2, 0.25) is 0 Å². The van der Waals surface area contributed by atoms with Crippen LogP contribution in [0.4, 0.5) is 4.79 Å². The quantitative estimate of drug-likeness (QED) is 0.680. The summed E-state index contributed by atoms with van der Waals surface area (Å²) in [6, 6.07) is -1.17. The van der Waals surface area contributed by atoms with Gasteiger partial charge in [0.2, 0.25) is 0 Å². The molecule has 1 aliphatic carbocycles. The van der Waals surface area contributed by atoms with Gasteiger partial charge in [0.05, 0.1) is 0 Å². The monoisotopic (exact) mass is 256 g/mol. The molecule has 5 nitrogen and oxygen atoms in total. The highest BCUT2D eigenvalue weighted by Gasteiger charge is 2.25. The SMILES string of the molecule is CC[C@H](C)[C@H](NC(=O)NCC1CCCC1)C(=O)O. The molecule has 5 heteroatoms. The molecule has 0 aromatic heterocycles. The van der Waals surface area contributed by atoms with Crippen molar-refractivity contribution in [2.24, 2.45) is 11.8 Å². The van der Waals surface area contributed by atoms with Gasteiger partial charge < -0.3 is 15.7 Å². The molecule has 0 radical (unpaired) electrons. The smallest absolute Gasteiger partial charge is 0.326 e. The maximum absolute atomic E-state index is 11.6. The first-order valence-corrected chi connectivity index (χ1v) is 6.81. The Morgan fingerprint density at radius 2 is 1.94 bits per heavy atom. The third-order valence-corrected chi connectivity index (χ3v) is 3.79. The fourth-order valence-corrected chi connectivity index (χ4v) is 2.33. The van der Waals surface area contributed by atoms with Crippen LogP contribution in [0.15, 0.2) is 0 Å². The summed E-state index contributed by atoms with van der Waals surface area (Å²) in [6.07, 6.45) is 5.51. The van der Waals surface area contributed by atoms with E-state index in [0.717, 1.165) is 19.3 Å². The van der Waals surface area contributed by atoms with Crippen molar-refractivity contribution < 1.29 is 14.7 Å². The van der Waals surface area contributed by atoms with Gasteiger partial charge in [-0.05, 0) is 24.7 Å². The van der Waals surface area contributed by atoms with Crippen molar-refractivity contribution in [1.82, 2.24) is 10.6 Å². The summed E-state index contributed by atoms with van der Waals surface area (Å²) in [5, 5.41) is 14.4. The number of nitrogens with one attached hydrogen (secondary N) is 2. The maximum atomic E-state index is 11.6. The van der Waals surface area contributed by atoms with Crippen molar-refractivity contribution in [1.29, 1.82) is 0 Å². The van der Waals surface area contributed by atoms with Crippen molar-refractivity contribution >= 4 is 12.0 Å². The first-order chi connectivity index (χ1) is 8.54. The molecular weight excluding hydrogens is 232 g/mol. The number of rotatable bonds is 6. The van der Waals surface area contributed by atoms with Crippen molar-refractivity contribution in [3.8, 4) is 0 Å². The predicted octanol–water partition coefficient (Wildman–Crippen LogP) is 1.98. The van der Waals surface area contributed by atoms with E-state index in [-0.39, 0.29) is 11.9 Å². The molecule has 0 aromatic carbocycles. The zero-order valence-electron chi connectivity index (χ0n) is 11.2. The molecule has 2 atom stereocenters. The van der Waals surface area contributed by atoms with Crippen LogP contribution in [-0.4, -0.2) is 29.7 Å². The highest BCUT2D eigenvalue weighted by molar-refractivity contribution is 5.82. The maximum Gasteiger partial charge on any atom is 0.326 e.